The lowest BCUT2D eigenvalue weighted by atomic mass is 9.99. The summed E-state index contributed by atoms with van der Waals surface area (Å²) in [5.41, 5.74) is 6.04. The fourth-order valence-corrected chi connectivity index (χ4v) is 3.20. The Morgan fingerprint density at radius 3 is 2.90 bits per heavy atom. The number of aromatic hydroxyl groups is 1. The number of fused-ring (bicyclic) bond motifs is 1. The highest BCUT2D eigenvalue weighted by Gasteiger charge is 2.27. The number of hydrogen-bond donors (Lipinski definition) is 4. The molecule has 0 aliphatic rings. The van der Waals surface area contributed by atoms with E-state index in [2.05, 4.69) is 17.1 Å². The molecule has 5 nitrogen and oxygen atoms in total. The van der Waals surface area contributed by atoms with Gasteiger partial charge in [-0.3, -0.25) is 5.10 Å². The number of aliphatic hydroxyl groups is 1. The van der Waals surface area contributed by atoms with Gasteiger partial charge in [-0.15, -0.1) is 0 Å². The topological polar surface area (TPSA) is 95.2 Å². The number of hydrogen-bond acceptors (Lipinski definition) is 5. The molecule has 1 aromatic carbocycles. The number of aromatic nitrogens is 2. The summed E-state index contributed by atoms with van der Waals surface area (Å²) < 4.78 is 0. The normalized spacial score (nSPS) is 16.2. The van der Waals surface area contributed by atoms with Crippen LogP contribution in [0.1, 0.15) is 25.5 Å². The van der Waals surface area contributed by atoms with Gasteiger partial charge in [-0.2, -0.15) is 16.9 Å². The number of nitrogens with two attached hydrogens (primary N) is 1. The van der Waals surface area contributed by atoms with Gasteiger partial charge in [-0.25, -0.2) is 0 Å². The second kappa shape index (κ2) is 6.03. The molecule has 110 valence electrons. The van der Waals surface area contributed by atoms with E-state index in [9.17, 15) is 10.2 Å². The number of phenols is 1. The summed E-state index contributed by atoms with van der Waals surface area (Å²) in [7, 11) is 0. The third-order valence-electron chi connectivity index (χ3n) is 3.49. The van der Waals surface area contributed by atoms with E-state index < -0.39 is 5.72 Å². The van der Waals surface area contributed by atoms with Crippen LogP contribution < -0.4 is 5.73 Å². The molecular weight excluding hydrogens is 274 g/mol. The third-order valence-corrected chi connectivity index (χ3v) is 4.65. The molecule has 1 aromatic heterocycles. The van der Waals surface area contributed by atoms with Gasteiger partial charge in [0.25, 0.3) is 0 Å². The Morgan fingerprint density at radius 1 is 1.50 bits per heavy atom. The van der Waals surface area contributed by atoms with Crippen LogP contribution in [0.3, 0.4) is 0 Å². The standard InChI is InChI=1S/C14H21N3O2S/c1-3-9(20-2)7-14(15,19)8-11-13-10(16-17-11)5-4-6-12(13)18/h4-6,9,18-19H,3,7-8,15H2,1-2H3,(H,16,17). The molecule has 5 N–H and O–H groups in total. The minimum atomic E-state index is -1.31. The van der Waals surface area contributed by atoms with E-state index in [1.807, 2.05) is 6.26 Å². The van der Waals surface area contributed by atoms with Crippen LogP contribution in [-0.2, 0) is 6.42 Å². The zero-order chi connectivity index (χ0) is 14.8. The summed E-state index contributed by atoms with van der Waals surface area (Å²) in [6.07, 6.45) is 3.70. The molecule has 0 aliphatic carbocycles. The molecule has 2 unspecified atom stereocenters. The molecule has 6 heteroatoms. The molecule has 0 saturated carbocycles. The molecule has 0 aliphatic heterocycles. The summed E-state index contributed by atoms with van der Waals surface area (Å²) in [4.78, 5) is 0. The molecule has 2 aromatic rings. The molecule has 0 amide bonds. The summed E-state index contributed by atoms with van der Waals surface area (Å²) in [5, 5.41) is 28.3. The molecule has 0 fully saturated rings. The minimum Gasteiger partial charge on any atom is -0.507 e. The summed E-state index contributed by atoms with van der Waals surface area (Å²) >= 11 is 1.70. The number of benzene rings is 1. The smallest absolute Gasteiger partial charge is 0.126 e. The zero-order valence-corrected chi connectivity index (χ0v) is 12.6. The summed E-state index contributed by atoms with van der Waals surface area (Å²) in [6.45, 7) is 2.08. The van der Waals surface area contributed by atoms with Crippen molar-refractivity contribution in [3.05, 3.63) is 23.9 Å². The first-order valence-corrected chi connectivity index (χ1v) is 7.94. The molecule has 2 rings (SSSR count). The number of rotatable bonds is 6. The Bertz CT molecular complexity index is 579. The minimum absolute atomic E-state index is 0.152. The SMILES string of the molecule is CCC(CC(N)(O)Cc1[nH]nc2cccc(O)c12)SC. The molecule has 1 heterocycles. The highest BCUT2D eigenvalue weighted by Crippen LogP contribution is 2.29. The van der Waals surface area contributed by atoms with Gasteiger partial charge in [-0.05, 0) is 24.8 Å². The van der Waals surface area contributed by atoms with Gasteiger partial charge in [-0.1, -0.05) is 13.0 Å². The number of nitrogens with one attached hydrogen (secondary N) is 1. The van der Waals surface area contributed by atoms with E-state index in [1.54, 1.807) is 30.0 Å². The molecule has 0 bridgehead atoms. The molecule has 2 atom stereocenters. The molecule has 0 saturated heterocycles. The summed E-state index contributed by atoms with van der Waals surface area (Å²) in [5.74, 6) is 0.152. The van der Waals surface area contributed by atoms with Crippen LogP contribution in [0, 0.1) is 0 Å². The van der Waals surface area contributed by atoms with E-state index in [4.69, 9.17) is 5.73 Å². The van der Waals surface area contributed by atoms with Crippen LogP contribution in [0.4, 0.5) is 0 Å². The van der Waals surface area contributed by atoms with Crippen LogP contribution in [0.25, 0.3) is 10.9 Å². The predicted molar refractivity (Wildman–Crippen MR) is 82.8 cm³/mol. The maximum Gasteiger partial charge on any atom is 0.126 e. The Hall–Kier alpha value is -1.24. The van der Waals surface area contributed by atoms with Crippen molar-refractivity contribution in [1.82, 2.24) is 10.2 Å². The first kappa shape index (κ1) is 15.2. The lowest BCUT2D eigenvalue weighted by molar-refractivity contribution is 0.0371. The average molecular weight is 295 g/mol. The number of nitrogens with zero attached hydrogens (tertiary/aromatic N) is 1. The Labute approximate surface area is 122 Å². The van der Waals surface area contributed by atoms with Crippen LogP contribution in [0.5, 0.6) is 5.75 Å². The first-order valence-electron chi connectivity index (χ1n) is 6.66. The number of H-pyrrole nitrogens is 1. The number of phenolic OH excluding ortho intramolecular Hbond substituents is 1. The van der Waals surface area contributed by atoms with Gasteiger partial charge < -0.3 is 15.9 Å². The third kappa shape index (κ3) is 3.26. The van der Waals surface area contributed by atoms with Gasteiger partial charge in [0.05, 0.1) is 16.6 Å². The Balaban J connectivity index is 2.23. The van der Waals surface area contributed by atoms with Gasteiger partial charge >= 0.3 is 0 Å². The maximum atomic E-state index is 10.4. The van der Waals surface area contributed by atoms with Gasteiger partial charge in [0.1, 0.15) is 11.5 Å². The first-order chi connectivity index (χ1) is 9.46. The second-order valence-electron chi connectivity index (χ2n) is 5.12. The second-order valence-corrected chi connectivity index (χ2v) is 6.26. The molecule has 0 spiro atoms. The van der Waals surface area contributed by atoms with Crippen molar-refractivity contribution < 1.29 is 10.2 Å². The van der Waals surface area contributed by atoms with E-state index in [1.165, 1.54) is 0 Å². The van der Waals surface area contributed by atoms with E-state index >= 15 is 0 Å². The van der Waals surface area contributed by atoms with Crippen LogP contribution in [0.2, 0.25) is 0 Å². The average Bonchev–Trinajstić information content (AvgIpc) is 2.80. The van der Waals surface area contributed by atoms with Crippen LogP contribution in [0.15, 0.2) is 18.2 Å². The van der Waals surface area contributed by atoms with Crippen LogP contribution in [-0.4, -0.2) is 37.6 Å². The largest absolute Gasteiger partial charge is 0.507 e. The fourth-order valence-electron chi connectivity index (χ4n) is 2.41. The zero-order valence-electron chi connectivity index (χ0n) is 11.8. The van der Waals surface area contributed by atoms with Crippen molar-refractivity contribution >= 4 is 22.7 Å². The van der Waals surface area contributed by atoms with E-state index in [-0.39, 0.29) is 12.2 Å². The quantitative estimate of drug-likeness (QED) is 0.611. The van der Waals surface area contributed by atoms with Gasteiger partial charge in [0.15, 0.2) is 0 Å². The van der Waals surface area contributed by atoms with Gasteiger partial charge in [0.2, 0.25) is 0 Å². The van der Waals surface area contributed by atoms with E-state index in [0.29, 0.717) is 28.3 Å². The molecular formula is C14H21N3O2S. The molecule has 0 radical (unpaired) electrons. The Morgan fingerprint density at radius 2 is 2.25 bits per heavy atom. The predicted octanol–water partition coefficient (Wildman–Crippen LogP) is 1.99. The van der Waals surface area contributed by atoms with Crippen molar-refractivity contribution in [2.24, 2.45) is 5.73 Å². The molecule has 20 heavy (non-hydrogen) atoms. The van der Waals surface area contributed by atoms with Crippen molar-refractivity contribution in [1.29, 1.82) is 0 Å². The summed E-state index contributed by atoms with van der Waals surface area (Å²) in [6, 6.07) is 5.15. The lowest BCUT2D eigenvalue weighted by Crippen LogP contribution is -2.44. The fraction of sp³-hybridized carbons (Fsp3) is 0.500. The lowest BCUT2D eigenvalue weighted by Gasteiger charge is -2.26. The van der Waals surface area contributed by atoms with Crippen molar-refractivity contribution in [3.63, 3.8) is 0 Å². The van der Waals surface area contributed by atoms with Crippen molar-refractivity contribution in [2.45, 2.75) is 37.2 Å². The van der Waals surface area contributed by atoms with Crippen LogP contribution >= 0.6 is 11.8 Å². The highest BCUT2D eigenvalue weighted by molar-refractivity contribution is 7.99. The van der Waals surface area contributed by atoms with Crippen molar-refractivity contribution in [3.8, 4) is 5.75 Å². The number of aromatic amines is 1. The number of thioether (sulfide) groups is 1. The highest BCUT2D eigenvalue weighted by atomic mass is 32.2. The monoisotopic (exact) mass is 295 g/mol. The van der Waals surface area contributed by atoms with Gasteiger partial charge in [0, 0.05) is 18.1 Å². The maximum absolute atomic E-state index is 10.4. The van der Waals surface area contributed by atoms with E-state index in [0.717, 1.165) is 6.42 Å². The van der Waals surface area contributed by atoms with Crippen molar-refractivity contribution in [2.75, 3.05) is 6.26 Å². The Kier molecular flexibility index (Phi) is 4.57.